The molecular formula is C21H30N4O5S2. The molecule has 0 amide bonds. The van der Waals surface area contributed by atoms with Crippen LogP contribution in [0, 0.1) is 0 Å². The number of hydrogen-bond acceptors (Lipinski definition) is 8. The number of pyridine rings is 1. The number of anilines is 1. The summed E-state index contributed by atoms with van der Waals surface area (Å²) in [5, 5.41) is 0. The molecule has 176 valence electrons. The maximum atomic E-state index is 12.7. The van der Waals surface area contributed by atoms with E-state index >= 15 is 0 Å². The van der Waals surface area contributed by atoms with Crippen LogP contribution in [0.25, 0.3) is 0 Å². The van der Waals surface area contributed by atoms with Crippen LogP contribution >= 0.6 is 0 Å². The van der Waals surface area contributed by atoms with Crippen molar-refractivity contribution in [3.63, 3.8) is 0 Å². The second-order valence-corrected chi connectivity index (χ2v) is 11.9. The van der Waals surface area contributed by atoms with E-state index in [4.69, 9.17) is 4.74 Å². The first-order chi connectivity index (χ1) is 15.2. The third-order valence-electron chi connectivity index (χ3n) is 5.34. The molecule has 2 aromatic rings. The Morgan fingerprint density at radius 1 is 1.03 bits per heavy atom. The molecule has 0 unspecified atom stereocenters. The van der Waals surface area contributed by atoms with Gasteiger partial charge in [-0.3, -0.25) is 0 Å². The minimum Gasteiger partial charge on any atom is -0.493 e. The van der Waals surface area contributed by atoms with Crippen molar-refractivity contribution in [1.29, 1.82) is 0 Å². The van der Waals surface area contributed by atoms with Crippen LogP contribution in [-0.2, 0) is 26.4 Å². The van der Waals surface area contributed by atoms with E-state index in [1.54, 1.807) is 19.2 Å². The van der Waals surface area contributed by atoms with Gasteiger partial charge in [0, 0.05) is 44.7 Å². The van der Waals surface area contributed by atoms with Gasteiger partial charge in [-0.05, 0) is 49.0 Å². The number of hydrogen-bond donors (Lipinski definition) is 1. The normalized spacial score (nSPS) is 15.6. The van der Waals surface area contributed by atoms with Gasteiger partial charge >= 0.3 is 0 Å². The molecule has 0 atom stereocenters. The van der Waals surface area contributed by atoms with E-state index < -0.39 is 19.9 Å². The summed E-state index contributed by atoms with van der Waals surface area (Å²) in [7, 11) is -4.73. The van der Waals surface area contributed by atoms with Gasteiger partial charge in [0.05, 0.1) is 10.6 Å². The average molecular weight is 483 g/mol. The van der Waals surface area contributed by atoms with Crippen LogP contribution in [0.5, 0.6) is 5.75 Å². The van der Waals surface area contributed by atoms with Gasteiger partial charge in [0.1, 0.15) is 18.2 Å². The van der Waals surface area contributed by atoms with Crippen LogP contribution in [0.3, 0.4) is 0 Å². The fourth-order valence-corrected chi connectivity index (χ4v) is 4.83. The van der Waals surface area contributed by atoms with Crippen LogP contribution in [0.4, 0.5) is 5.82 Å². The van der Waals surface area contributed by atoms with Gasteiger partial charge in [-0.2, -0.15) is 0 Å². The maximum absolute atomic E-state index is 12.7. The summed E-state index contributed by atoms with van der Waals surface area (Å²) in [5.74, 6) is 1.25. The topological polar surface area (TPSA) is 109 Å². The number of piperazine rings is 1. The quantitative estimate of drug-likeness (QED) is 0.537. The zero-order valence-electron chi connectivity index (χ0n) is 18.4. The Morgan fingerprint density at radius 3 is 2.38 bits per heavy atom. The highest BCUT2D eigenvalue weighted by molar-refractivity contribution is 7.91. The standard InChI is InChI=1S/C21H30N4O5S2/c1-3-31(26,27)15-14-30-19-4-6-20(7-5-19)32(28,29)23-17-18-8-9-22-21(16-18)25-12-10-24(2)11-13-25/h4-9,16,23H,3,10-15,17H2,1-2H3. The average Bonchev–Trinajstić information content (AvgIpc) is 2.79. The largest absolute Gasteiger partial charge is 0.493 e. The lowest BCUT2D eigenvalue weighted by atomic mass is 10.2. The van der Waals surface area contributed by atoms with Gasteiger partial charge in [-0.25, -0.2) is 26.5 Å². The SMILES string of the molecule is CCS(=O)(=O)CCOc1ccc(S(=O)(=O)NCc2ccnc(N3CCN(C)CC3)c2)cc1. The van der Waals surface area contributed by atoms with Crippen LogP contribution < -0.4 is 14.4 Å². The number of aromatic nitrogens is 1. The summed E-state index contributed by atoms with van der Waals surface area (Å²) >= 11 is 0. The fourth-order valence-electron chi connectivity index (χ4n) is 3.19. The summed E-state index contributed by atoms with van der Waals surface area (Å²) in [6.07, 6.45) is 1.70. The highest BCUT2D eigenvalue weighted by Crippen LogP contribution is 2.18. The lowest BCUT2D eigenvalue weighted by Crippen LogP contribution is -2.44. The second kappa shape index (κ2) is 10.6. The molecule has 0 spiro atoms. The van der Waals surface area contributed by atoms with Crippen molar-refractivity contribution in [2.24, 2.45) is 0 Å². The van der Waals surface area contributed by atoms with E-state index in [9.17, 15) is 16.8 Å². The Hall–Kier alpha value is -2.21. The molecule has 0 bridgehead atoms. The molecule has 32 heavy (non-hydrogen) atoms. The number of sulfonamides is 1. The molecule has 1 aliphatic rings. The van der Waals surface area contributed by atoms with Crippen LogP contribution in [0.15, 0.2) is 47.5 Å². The monoisotopic (exact) mass is 482 g/mol. The van der Waals surface area contributed by atoms with E-state index in [0.717, 1.165) is 37.6 Å². The van der Waals surface area contributed by atoms with Gasteiger partial charge in [-0.15, -0.1) is 0 Å². The molecule has 0 aliphatic carbocycles. The van der Waals surface area contributed by atoms with Crippen LogP contribution in [0.2, 0.25) is 0 Å². The molecule has 1 N–H and O–H groups in total. The smallest absolute Gasteiger partial charge is 0.240 e. The molecule has 1 saturated heterocycles. The lowest BCUT2D eigenvalue weighted by molar-refractivity contribution is 0.312. The summed E-state index contributed by atoms with van der Waals surface area (Å²) in [6, 6.07) is 9.62. The molecule has 9 nitrogen and oxygen atoms in total. The summed E-state index contributed by atoms with van der Waals surface area (Å²) in [6.45, 7) is 5.46. The van der Waals surface area contributed by atoms with Gasteiger partial charge in [-0.1, -0.05) is 6.92 Å². The van der Waals surface area contributed by atoms with Crippen molar-refractivity contribution < 1.29 is 21.6 Å². The number of benzene rings is 1. The molecule has 1 aromatic heterocycles. The summed E-state index contributed by atoms with van der Waals surface area (Å²) in [4.78, 5) is 8.99. The lowest BCUT2D eigenvalue weighted by Gasteiger charge is -2.33. The summed E-state index contributed by atoms with van der Waals surface area (Å²) < 4.78 is 56.4. The molecule has 1 aromatic carbocycles. The maximum Gasteiger partial charge on any atom is 0.240 e. The number of ether oxygens (including phenoxy) is 1. The number of likely N-dealkylation sites (N-methyl/N-ethyl adjacent to an activating group) is 1. The van der Waals surface area contributed by atoms with Crippen molar-refractivity contribution in [3.8, 4) is 5.75 Å². The second-order valence-electron chi connectivity index (χ2n) is 7.69. The molecule has 0 radical (unpaired) electrons. The predicted molar refractivity (Wildman–Crippen MR) is 124 cm³/mol. The Morgan fingerprint density at radius 2 is 1.72 bits per heavy atom. The highest BCUT2D eigenvalue weighted by Gasteiger charge is 2.17. The van der Waals surface area contributed by atoms with E-state index in [0.29, 0.717) is 5.75 Å². The molecule has 3 rings (SSSR count). The first kappa shape index (κ1) is 24.4. The minimum absolute atomic E-state index is 0.0260. The molecule has 1 aliphatic heterocycles. The van der Waals surface area contributed by atoms with Gasteiger partial charge in [0.15, 0.2) is 9.84 Å². The first-order valence-corrected chi connectivity index (χ1v) is 13.8. The molecule has 0 saturated carbocycles. The summed E-state index contributed by atoms with van der Waals surface area (Å²) in [5.41, 5.74) is 0.828. The van der Waals surface area contributed by atoms with Gasteiger partial charge < -0.3 is 14.5 Å². The van der Waals surface area contributed by atoms with Crippen molar-refractivity contribution in [2.75, 3.05) is 56.2 Å². The Balaban J connectivity index is 1.56. The Kier molecular flexibility index (Phi) is 8.10. The van der Waals surface area contributed by atoms with E-state index in [1.165, 1.54) is 24.3 Å². The fraction of sp³-hybridized carbons (Fsp3) is 0.476. The third-order valence-corrected chi connectivity index (χ3v) is 8.43. The van der Waals surface area contributed by atoms with Crippen molar-refractivity contribution in [2.45, 2.75) is 18.4 Å². The Labute approximate surface area is 190 Å². The van der Waals surface area contributed by atoms with E-state index in [-0.39, 0.29) is 29.6 Å². The van der Waals surface area contributed by atoms with Gasteiger partial charge in [0.2, 0.25) is 10.0 Å². The van der Waals surface area contributed by atoms with E-state index in [2.05, 4.69) is 26.6 Å². The van der Waals surface area contributed by atoms with Crippen LogP contribution in [-0.4, -0.2) is 78.1 Å². The van der Waals surface area contributed by atoms with Crippen LogP contribution in [0.1, 0.15) is 12.5 Å². The van der Waals surface area contributed by atoms with Crippen molar-refractivity contribution in [1.82, 2.24) is 14.6 Å². The third kappa shape index (κ3) is 6.89. The van der Waals surface area contributed by atoms with Crippen molar-refractivity contribution >= 4 is 25.7 Å². The highest BCUT2D eigenvalue weighted by atomic mass is 32.2. The number of nitrogens with zero attached hydrogens (tertiary/aromatic N) is 3. The number of rotatable bonds is 10. The predicted octanol–water partition coefficient (Wildman–Crippen LogP) is 1.13. The van der Waals surface area contributed by atoms with Crippen molar-refractivity contribution in [3.05, 3.63) is 48.2 Å². The van der Waals surface area contributed by atoms with E-state index in [1.807, 2.05) is 6.07 Å². The molecule has 2 heterocycles. The zero-order chi connectivity index (χ0) is 23.2. The minimum atomic E-state index is -3.71. The molecule has 1 fully saturated rings. The number of nitrogens with one attached hydrogen (secondary N) is 1. The zero-order valence-corrected chi connectivity index (χ0v) is 20.0. The first-order valence-electron chi connectivity index (χ1n) is 10.5. The molecular weight excluding hydrogens is 452 g/mol. The Bertz CT molecular complexity index is 1100. The number of sulfone groups is 1. The molecule has 11 heteroatoms. The van der Waals surface area contributed by atoms with Gasteiger partial charge in [0.25, 0.3) is 0 Å².